The minimum atomic E-state index is -0.943. The number of fused-ring (bicyclic) bond motifs is 1. The predicted molar refractivity (Wildman–Crippen MR) is 150 cm³/mol. The Bertz CT molecular complexity index is 1280. The number of aryl methyl sites for hydroxylation is 1. The lowest BCUT2D eigenvalue weighted by atomic mass is 9.87. The molecule has 2 saturated heterocycles. The molecule has 0 saturated carbocycles. The molecule has 1 aromatic carbocycles. The quantitative estimate of drug-likeness (QED) is 0.513. The van der Waals surface area contributed by atoms with Crippen molar-refractivity contribution in [2.45, 2.75) is 51.1 Å². The van der Waals surface area contributed by atoms with Crippen LogP contribution in [0.15, 0.2) is 35.3 Å². The van der Waals surface area contributed by atoms with Crippen molar-refractivity contribution in [3.8, 4) is 5.69 Å². The molecule has 3 heterocycles. The highest BCUT2D eigenvalue weighted by Gasteiger charge is 2.32. The molecule has 39 heavy (non-hydrogen) atoms. The number of anilines is 1. The predicted octanol–water partition coefficient (Wildman–Crippen LogP) is 0.784. The van der Waals surface area contributed by atoms with Gasteiger partial charge in [-0.05, 0) is 87.9 Å². The van der Waals surface area contributed by atoms with Gasteiger partial charge in [0.2, 0.25) is 5.91 Å². The van der Waals surface area contributed by atoms with Gasteiger partial charge in [-0.25, -0.2) is 9.59 Å². The minimum absolute atomic E-state index is 0.137. The largest absolute Gasteiger partial charge is 0.354 e. The van der Waals surface area contributed by atoms with Crippen molar-refractivity contribution in [2.24, 2.45) is 17.4 Å². The van der Waals surface area contributed by atoms with Crippen molar-refractivity contribution in [2.75, 3.05) is 51.1 Å². The van der Waals surface area contributed by atoms with Crippen LogP contribution in [0.5, 0.6) is 0 Å². The average molecular weight is 537 g/mol. The van der Waals surface area contributed by atoms with Gasteiger partial charge in [-0.1, -0.05) is 6.07 Å². The van der Waals surface area contributed by atoms with E-state index < -0.39 is 11.2 Å². The Balaban J connectivity index is 1.19. The maximum Gasteiger partial charge on any atom is 0.354 e. The Morgan fingerprint density at radius 2 is 1.79 bits per heavy atom. The van der Waals surface area contributed by atoms with Gasteiger partial charge in [-0.15, -0.1) is 0 Å². The molecule has 0 spiro atoms. The summed E-state index contributed by atoms with van der Waals surface area (Å²) in [6.45, 7) is 7.93. The van der Waals surface area contributed by atoms with E-state index in [2.05, 4.69) is 27.3 Å². The second kappa shape index (κ2) is 11.1. The summed E-state index contributed by atoms with van der Waals surface area (Å²) in [5.41, 5.74) is 13.8. The van der Waals surface area contributed by atoms with Crippen molar-refractivity contribution >= 4 is 17.8 Å². The Labute approximate surface area is 229 Å². The monoisotopic (exact) mass is 536 g/mol. The van der Waals surface area contributed by atoms with Crippen LogP contribution in [0.2, 0.25) is 0 Å². The summed E-state index contributed by atoms with van der Waals surface area (Å²) in [7, 11) is 0. The van der Waals surface area contributed by atoms with E-state index in [1.165, 1.54) is 22.1 Å². The van der Waals surface area contributed by atoms with Gasteiger partial charge in [0.05, 0.1) is 11.2 Å². The lowest BCUT2D eigenvalue weighted by molar-refractivity contribution is -0.137. The third kappa shape index (κ3) is 6.00. The van der Waals surface area contributed by atoms with Crippen molar-refractivity contribution in [1.82, 2.24) is 24.3 Å². The van der Waals surface area contributed by atoms with Crippen molar-refractivity contribution in [1.29, 1.82) is 0 Å². The van der Waals surface area contributed by atoms with E-state index in [0.717, 1.165) is 44.6 Å². The number of nitrogens with two attached hydrogens (primary N) is 2. The van der Waals surface area contributed by atoms with Gasteiger partial charge >= 0.3 is 11.7 Å². The van der Waals surface area contributed by atoms with E-state index in [0.29, 0.717) is 38.1 Å². The highest BCUT2D eigenvalue weighted by molar-refractivity contribution is 5.89. The van der Waals surface area contributed by atoms with Crippen LogP contribution < -0.4 is 22.5 Å². The number of carbonyl (C=O) groups excluding carboxylic acids is 2. The molecule has 0 radical (unpaired) electrons. The molecule has 2 atom stereocenters. The molecule has 210 valence electrons. The molecule has 11 nitrogen and oxygen atoms in total. The van der Waals surface area contributed by atoms with Crippen LogP contribution in [-0.2, 0) is 17.6 Å². The van der Waals surface area contributed by atoms with Crippen LogP contribution in [0.25, 0.3) is 5.69 Å². The third-order valence-corrected chi connectivity index (χ3v) is 8.28. The molecule has 0 bridgehead atoms. The fourth-order valence-electron chi connectivity index (χ4n) is 5.95. The Hall–Kier alpha value is -3.28. The number of piperazine rings is 1. The number of carbonyl (C=O) groups is 2. The number of nitrogens with zero attached hydrogens (tertiary/aromatic N) is 5. The first kappa shape index (κ1) is 27.3. The number of urea groups is 1. The maximum atomic E-state index is 12.9. The Morgan fingerprint density at radius 1 is 1.05 bits per heavy atom. The second-order valence-electron chi connectivity index (χ2n) is 11.6. The minimum Gasteiger partial charge on any atom is -0.338 e. The highest BCUT2D eigenvalue weighted by atomic mass is 16.2. The zero-order chi connectivity index (χ0) is 27.7. The number of amides is 3. The number of nitrogens with one attached hydrogen (secondary N) is 1. The van der Waals surface area contributed by atoms with Gasteiger partial charge in [0, 0.05) is 45.0 Å². The van der Waals surface area contributed by atoms with Gasteiger partial charge in [-0.2, -0.15) is 4.98 Å². The van der Waals surface area contributed by atoms with Crippen LogP contribution in [0.4, 0.5) is 10.6 Å². The molecule has 2 fully saturated rings. The number of aromatic nitrogens is 2. The van der Waals surface area contributed by atoms with Crippen LogP contribution in [0, 0.1) is 5.92 Å². The first-order chi connectivity index (χ1) is 18.6. The van der Waals surface area contributed by atoms with E-state index >= 15 is 0 Å². The van der Waals surface area contributed by atoms with Gasteiger partial charge in [0.25, 0.3) is 0 Å². The summed E-state index contributed by atoms with van der Waals surface area (Å²) < 4.78 is 1.51. The smallest absolute Gasteiger partial charge is 0.338 e. The zero-order valence-corrected chi connectivity index (χ0v) is 22.9. The zero-order valence-electron chi connectivity index (χ0n) is 22.9. The summed E-state index contributed by atoms with van der Waals surface area (Å²) in [5, 5.41) is 2.72. The van der Waals surface area contributed by atoms with E-state index in [4.69, 9.17) is 11.5 Å². The molecular formula is C28H40N8O3. The second-order valence-corrected chi connectivity index (χ2v) is 11.6. The summed E-state index contributed by atoms with van der Waals surface area (Å²) in [4.78, 5) is 48.0. The number of benzene rings is 1. The first-order valence-electron chi connectivity index (χ1n) is 13.9. The van der Waals surface area contributed by atoms with Crippen molar-refractivity contribution < 1.29 is 9.59 Å². The van der Waals surface area contributed by atoms with Crippen LogP contribution in [-0.4, -0.2) is 93.6 Å². The number of hydrogen-bond acceptors (Lipinski definition) is 7. The molecule has 1 unspecified atom stereocenters. The van der Waals surface area contributed by atoms with Crippen LogP contribution >= 0.6 is 0 Å². The topological polar surface area (TPSA) is 143 Å². The lowest BCUT2D eigenvalue weighted by Gasteiger charge is -2.37. The number of likely N-dealkylation sites (tertiary alicyclic amines) is 1. The molecule has 3 aliphatic rings. The van der Waals surface area contributed by atoms with Crippen molar-refractivity contribution in [3.05, 3.63) is 52.1 Å². The number of rotatable bonds is 5. The van der Waals surface area contributed by atoms with Crippen molar-refractivity contribution in [3.63, 3.8) is 0 Å². The average Bonchev–Trinajstić information content (AvgIpc) is 3.41. The SMILES string of the molecule is CC(C)(N)C(=O)N1CCN(C(=O)Nc2ccn(-c3ccc4c(c3)CCC(N3CC[C@@H](CN)C3)C4)c(=O)n2)CC1. The normalized spacial score (nSPS) is 22.1. The summed E-state index contributed by atoms with van der Waals surface area (Å²) in [6.07, 6.45) is 5.96. The lowest BCUT2D eigenvalue weighted by Crippen LogP contribution is -2.58. The Kier molecular flexibility index (Phi) is 7.75. The van der Waals surface area contributed by atoms with Crippen LogP contribution in [0.1, 0.15) is 37.8 Å². The van der Waals surface area contributed by atoms with Gasteiger partial charge in [0.15, 0.2) is 0 Å². The fraction of sp³-hybridized carbons (Fsp3) is 0.571. The molecule has 2 aliphatic heterocycles. The number of hydrogen-bond donors (Lipinski definition) is 3. The molecule has 5 N–H and O–H groups in total. The summed E-state index contributed by atoms with van der Waals surface area (Å²) in [6, 6.07) is 8.03. The van der Waals surface area contributed by atoms with Gasteiger partial charge in [-0.3, -0.25) is 19.6 Å². The molecule has 1 aromatic heterocycles. The highest BCUT2D eigenvalue weighted by Crippen LogP contribution is 2.29. The van der Waals surface area contributed by atoms with Gasteiger partial charge < -0.3 is 21.3 Å². The molecular weight excluding hydrogens is 496 g/mol. The van der Waals surface area contributed by atoms with Gasteiger partial charge in [0.1, 0.15) is 5.82 Å². The molecule has 5 rings (SSSR count). The molecule has 11 heteroatoms. The van der Waals surface area contributed by atoms with E-state index in [-0.39, 0.29) is 17.8 Å². The molecule has 2 aromatic rings. The van der Waals surface area contributed by atoms with E-state index in [1.807, 2.05) is 6.07 Å². The fourth-order valence-corrected chi connectivity index (χ4v) is 5.95. The van der Waals surface area contributed by atoms with Crippen LogP contribution in [0.3, 0.4) is 0 Å². The standard InChI is InChI=1S/C28H40N8O3/c1-28(2,30)25(37)33-11-13-34(14-12-33)26(38)31-24-8-10-36(27(39)32-24)23-6-4-20-15-22(5-3-21(20)16-23)35-9-7-19(17-29)18-35/h4,6,8,10,16,19,22H,3,5,7,9,11-15,17-18,29-30H2,1-2H3,(H,31,32,38,39)/t19-,22?/m0/s1. The first-order valence-corrected chi connectivity index (χ1v) is 13.9. The van der Waals surface area contributed by atoms with E-state index in [1.54, 1.807) is 35.9 Å². The maximum absolute atomic E-state index is 12.9. The summed E-state index contributed by atoms with van der Waals surface area (Å²) in [5.74, 6) is 0.679. The third-order valence-electron chi connectivity index (χ3n) is 8.28. The Morgan fingerprint density at radius 3 is 2.46 bits per heavy atom. The summed E-state index contributed by atoms with van der Waals surface area (Å²) >= 11 is 0. The molecule has 3 amide bonds. The molecule has 1 aliphatic carbocycles. The van der Waals surface area contributed by atoms with E-state index in [9.17, 15) is 14.4 Å².